The highest BCUT2D eigenvalue weighted by atomic mass is 32.2. The van der Waals surface area contributed by atoms with Crippen molar-refractivity contribution in [1.82, 2.24) is 0 Å². The molecule has 0 aromatic heterocycles. The molecule has 0 radical (unpaired) electrons. The topological polar surface area (TPSA) is 17.1 Å². The van der Waals surface area contributed by atoms with Crippen molar-refractivity contribution in [3.63, 3.8) is 0 Å². The highest BCUT2D eigenvalue weighted by Crippen LogP contribution is 2.33. The third-order valence-electron chi connectivity index (χ3n) is 1.85. The van der Waals surface area contributed by atoms with Gasteiger partial charge in [0.05, 0.1) is 5.25 Å². The minimum absolute atomic E-state index is 0.223. The molecule has 1 atom stereocenters. The van der Waals surface area contributed by atoms with Gasteiger partial charge in [0.25, 0.3) is 0 Å². The maximum atomic E-state index is 10.8. The Balaban J connectivity index is 2.05. The number of thioether (sulfide) groups is 1. The molecule has 1 rings (SSSR count). The van der Waals surface area contributed by atoms with Gasteiger partial charge in [0, 0.05) is 0 Å². The van der Waals surface area contributed by atoms with Crippen molar-refractivity contribution < 1.29 is 4.79 Å². The molecule has 2 heteroatoms. The van der Waals surface area contributed by atoms with Crippen molar-refractivity contribution in [2.24, 2.45) is 5.92 Å². The van der Waals surface area contributed by atoms with Gasteiger partial charge in [0.1, 0.15) is 5.78 Å². The maximum Gasteiger partial charge on any atom is 0.142 e. The maximum absolute atomic E-state index is 10.8. The molecular weight excluding hydrogens is 144 g/mol. The first-order valence-electron chi connectivity index (χ1n) is 3.82. The van der Waals surface area contributed by atoms with Crippen LogP contribution in [0.1, 0.15) is 26.7 Å². The smallest absolute Gasteiger partial charge is 0.142 e. The lowest BCUT2D eigenvalue weighted by Gasteiger charge is -2.04. The molecule has 0 aromatic carbocycles. The van der Waals surface area contributed by atoms with E-state index in [0.29, 0.717) is 5.78 Å². The number of hydrogen-bond acceptors (Lipinski definition) is 2. The Bertz CT molecular complexity index is 129. The third-order valence-corrected chi connectivity index (χ3v) is 3.35. The lowest BCUT2D eigenvalue weighted by molar-refractivity contribution is -0.116. The summed E-state index contributed by atoms with van der Waals surface area (Å²) in [6.45, 7) is 3.67. The second-order valence-corrected chi connectivity index (χ2v) is 4.40. The average Bonchev–Trinajstić information content (AvgIpc) is 2.64. The molecule has 0 saturated heterocycles. The summed E-state index contributed by atoms with van der Waals surface area (Å²) in [5.74, 6) is 2.44. The molecule has 0 spiro atoms. The zero-order valence-electron chi connectivity index (χ0n) is 6.59. The Labute approximate surface area is 66.6 Å². The normalized spacial score (nSPS) is 20.6. The number of ketones is 1. The second kappa shape index (κ2) is 3.42. The van der Waals surface area contributed by atoms with Crippen LogP contribution in [0.5, 0.6) is 0 Å². The minimum Gasteiger partial charge on any atom is -0.299 e. The van der Waals surface area contributed by atoms with Crippen LogP contribution in [0, 0.1) is 5.92 Å². The molecule has 10 heavy (non-hydrogen) atoms. The molecule has 0 aromatic rings. The number of Topliss-reactive ketones (excluding diaryl/α,β-unsaturated/α-hetero) is 1. The zero-order valence-corrected chi connectivity index (χ0v) is 7.41. The summed E-state index contributed by atoms with van der Waals surface area (Å²) in [6.07, 6.45) is 2.77. The van der Waals surface area contributed by atoms with Crippen LogP contribution in [-0.4, -0.2) is 16.8 Å². The van der Waals surface area contributed by atoms with Crippen LogP contribution >= 0.6 is 11.8 Å². The van der Waals surface area contributed by atoms with Crippen LogP contribution in [0.4, 0.5) is 0 Å². The van der Waals surface area contributed by atoms with E-state index in [0.717, 1.165) is 5.92 Å². The highest BCUT2D eigenvalue weighted by molar-refractivity contribution is 8.00. The molecule has 0 bridgehead atoms. The number of hydrogen-bond donors (Lipinski definition) is 0. The Kier molecular flexibility index (Phi) is 2.78. The zero-order chi connectivity index (χ0) is 7.56. The standard InChI is InChI=1S/C8H14OS/c1-6(9)7(2)10-5-8-3-4-8/h7-8H,3-5H2,1-2H3. The van der Waals surface area contributed by atoms with Gasteiger partial charge < -0.3 is 0 Å². The Hall–Kier alpha value is 0.0200. The summed E-state index contributed by atoms with van der Waals surface area (Å²) in [6, 6.07) is 0. The fourth-order valence-electron chi connectivity index (χ4n) is 0.682. The Morgan fingerprint density at radius 1 is 1.70 bits per heavy atom. The molecule has 0 N–H and O–H groups in total. The molecule has 1 nitrogen and oxygen atoms in total. The van der Waals surface area contributed by atoms with E-state index in [2.05, 4.69) is 0 Å². The Morgan fingerprint density at radius 2 is 2.30 bits per heavy atom. The van der Waals surface area contributed by atoms with Crippen molar-refractivity contribution in [3.8, 4) is 0 Å². The van der Waals surface area contributed by atoms with Gasteiger partial charge >= 0.3 is 0 Å². The van der Waals surface area contributed by atoms with Gasteiger partial charge in [-0.15, -0.1) is 0 Å². The summed E-state index contributed by atoms with van der Waals surface area (Å²) in [4.78, 5) is 10.8. The molecule has 1 aliphatic rings. The largest absolute Gasteiger partial charge is 0.299 e. The van der Waals surface area contributed by atoms with Crippen LogP contribution < -0.4 is 0 Å². The van der Waals surface area contributed by atoms with E-state index in [4.69, 9.17) is 0 Å². The fraction of sp³-hybridized carbons (Fsp3) is 0.875. The predicted molar refractivity (Wildman–Crippen MR) is 45.3 cm³/mol. The molecule has 1 unspecified atom stereocenters. The third kappa shape index (κ3) is 2.74. The summed E-state index contributed by atoms with van der Waals surface area (Å²) < 4.78 is 0. The van der Waals surface area contributed by atoms with Crippen molar-refractivity contribution in [2.45, 2.75) is 31.9 Å². The van der Waals surface area contributed by atoms with Crippen LogP contribution in [-0.2, 0) is 4.79 Å². The van der Waals surface area contributed by atoms with Gasteiger partial charge in [-0.3, -0.25) is 4.79 Å². The molecule has 58 valence electrons. The van der Waals surface area contributed by atoms with E-state index in [1.165, 1.54) is 18.6 Å². The van der Waals surface area contributed by atoms with Gasteiger partial charge in [-0.2, -0.15) is 11.8 Å². The number of rotatable bonds is 4. The summed E-state index contributed by atoms with van der Waals surface area (Å²) in [5, 5.41) is 0.223. The van der Waals surface area contributed by atoms with Gasteiger partial charge in [-0.1, -0.05) is 0 Å². The summed E-state index contributed by atoms with van der Waals surface area (Å²) >= 11 is 1.81. The lowest BCUT2D eigenvalue weighted by Crippen LogP contribution is -2.09. The monoisotopic (exact) mass is 158 g/mol. The summed E-state index contributed by atoms with van der Waals surface area (Å²) in [7, 11) is 0. The van der Waals surface area contributed by atoms with Crippen molar-refractivity contribution in [1.29, 1.82) is 0 Å². The van der Waals surface area contributed by atoms with Gasteiger partial charge in [0.15, 0.2) is 0 Å². The molecule has 1 saturated carbocycles. The summed E-state index contributed by atoms with van der Waals surface area (Å²) in [5.41, 5.74) is 0. The highest BCUT2D eigenvalue weighted by Gasteiger charge is 2.22. The van der Waals surface area contributed by atoms with Gasteiger partial charge in [-0.25, -0.2) is 0 Å². The molecule has 0 heterocycles. The van der Waals surface area contributed by atoms with E-state index in [1.54, 1.807) is 18.7 Å². The lowest BCUT2D eigenvalue weighted by atomic mass is 10.3. The van der Waals surface area contributed by atoms with Crippen LogP contribution in [0.2, 0.25) is 0 Å². The first kappa shape index (κ1) is 8.12. The predicted octanol–water partition coefficient (Wildman–Crippen LogP) is 2.11. The van der Waals surface area contributed by atoms with Crippen molar-refractivity contribution in [2.75, 3.05) is 5.75 Å². The van der Waals surface area contributed by atoms with Crippen molar-refractivity contribution >= 4 is 17.5 Å². The van der Waals surface area contributed by atoms with E-state index in [-0.39, 0.29) is 5.25 Å². The first-order valence-corrected chi connectivity index (χ1v) is 4.87. The SMILES string of the molecule is CC(=O)C(C)SCC1CC1. The van der Waals surface area contributed by atoms with E-state index in [9.17, 15) is 4.79 Å². The molecule has 1 aliphatic carbocycles. The van der Waals surface area contributed by atoms with E-state index >= 15 is 0 Å². The molecular formula is C8H14OS. The number of carbonyl (C=O) groups excluding carboxylic acids is 1. The first-order chi connectivity index (χ1) is 4.70. The minimum atomic E-state index is 0.223. The fourth-order valence-corrected chi connectivity index (χ4v) is 1.81. The Morgan fingerprint density at radius 3 is 2.70 bits per heavy atom. The van der Waals surface area contributed by atoms with E-state index in [1.807, 2.05) is 6.92 Å². The number of carbonyl (C=O) groups is 1. The van der Waals surface area contributed by atoms with Crippen LogP contribution in [0.3, 0.4) is 0 Å². The van der Waals surface area contributed by atoms with Gasteiger partial charge in [-0.05, 0) is 38.4 Å². The second-order valence-electron chi connectivity index (χ2n) is 3.03. The molecule has 0 amide bonds. The van der Waals surface area contributed by atoms with Crippen LogP contribution in [0.25, 0.3) is 0 Å². The van der Waals surface area contributed by atoms with Crippen LogP contribution in [0.15, 0.2) is 0 Å². The van der Waals surface area contributed by atoms with E-state index < -0.39 is 0 Å². The quantitative estimate of drug-likeness (QED) is 0.623. The van der Waals surface area contributed by atoms with Crippen molar-refractivity contribution in [3.05, 3.63) is 0 Å². The molecule has 0 aliphatic heterocycles. The van der Waals surface area contributed by atoms with Gasteiger partial charge in [0.2, 0.25) is 0 Å². The average molecular weight is 158 g/mol. The molecule has 1 fully saturated rings.